The molecule has 1 aromatic carbocycles. The molecule has 0 N–H and O–H groups in total. The lowest BCUT2D eigenvalue weighted by Crippen LogP contribution is -2.32. The highest BCUT2D eigenvalue weighted by molar-refractivity contribution is 5.63. The van der Waals surface area contributed by atoms with Crippen LogP contribution in [-0.4, -0.2) is 38.8 Å². The number of nitrogens with zero attached hydrogens (tertiary/aromatic N) is 4. The predicted molar refractivity (Wildman–Crippen MR) is 110 cm³/mol. The predicted octanol–water partition coefficient (Wildman–Crippen LogP) is 4.09. The second kappa shape index (κ2) is 9.30. The van der Waals surface area contributed by atoms with Crippen LogP contribution >= 0.6 is 0 Å². The molecular formula is C22H17F3N4O4. The molecule has 33 heavy (non-hydrogen) atoms. The van der Waals surface area contributed by atoms with Crippen molar-refractivity contribution in [3.05, 3.63) is 70.2 Å². The molecule has 0 bridgehead atoms. The molecule has 4 rings (SSSR count). The van der Waals surface area contributed by atoms with E-state index < -0.39 is 16.8 Å². The fourth-order valence-electron chi connectivity index (χ4n) is 3.18. The Bertz CT molecular complexity index is 1200. The number of ether oxygens (including phenoxy) is 2. The Hall–Kier alpha value is -3.91. The Balaban J connectivity index is 1.26. The van der Waals surface area contributed by atoms with Crippen molar-refractivity contribution in [2.24, 2.45) is 0 Å². The fraction of sp³-hybridized carbons (Fsp3) is 0.273. The number of rotatable bonds is 5. The zero-order chi connectivity index (χ0) is 23.4. The molecule has 0 saturated carbocycles. The Morgan fingerprint density at radius 2 is 1.97 bits per heavy atom. The Morgan fingerprint density at radius 1 is 1.21 bits per heavy atom. The van der Waals surface area contributed by atoms with Crippen molar-refractivity contribution >= 4 is 5.82 Å². The number of nitro groups is 1. The SMILES string of the molecule is O=[N+]([O-])c1cn2c(n1)OC[C@@H](OCCC#Cc1ccc(-c3ccc(C(F)(F)F)nc3)cc1)C2. The van der Waals surface area contributed by atoms with Crippen LogP contribution in [0.3, 0.4) is 0 Å². The number of alkyl halides is 3. The van der Waals surface area contributed by atoms with Crippen LogP contribution < -0.4 is 4.74 Å². The van der Waals surface area contributed by atoms with E-state index in [0.717, 1.165) is 17.2 Å². The monoisotopic (exact) mass is 458 g/mol. The molecule has 0 aliphatic carbocycles. The molecule has 2 aromatic heterocycles. The first-order valence-electron chi connectivity index (χ1n) is 9.88. The van der Waals surface area contributed by atoms with Gasteiger partial charge in [-0.05, 0) is 28.7 Å². The smallest absolute Gasteiger partial charge is 0.433 e. The van der Waals surface area contributed by atoms with E-state index in [9.17, 15) is 23.3 Å². The molecule has 0 spiro atoms. The van der Waals surface area contributed by atoms with Gasteiger partial charge in [0.05, 0.1) is 13.2 Å². The van der Waals surface area contributed by atoms with E-state index in [4.69, 9.17) is 9.47 Å². The largest absolute Gasteiger partial charge is 0.443 e. The fourth-order valence-corrected chi connectivity index (χ4v) is 3.18. The molecule has 0 saturated heterocycles. The number of pyridine rings is 1. The maximum absolute atomic E-state index is 12.6. The molecule has 11 heteroatoms. The number of imidazole rings is 1. The minimum Gasteiger partial charge on any atom is -0.443 e. The number of hydrogen-bond acceptors (Lipinski definition) is 6. The summed E-state index contributed by atoms with van der Waals surface area (Å²) in [7, 11) is 0. The highest BCUT2D eigenvalue weighted by Gasteiger charge is 2.32. The number of aromatic nitrogens is 3. The Labute approximate surface area is 186 Å². The van der Waals surface area contributed by atoms with Crippen LogP contribution in [0.25, 0.3) is 11.1 Å². The molecular weight excluding hydrogens is 441 g/mol. The van der Waals surface area contributed by atoms with Crippen molar-refractivity contribution in [2.75, 3.05) is 13.2 Å². The second-order valence-corrected chi connectivity index (χ2v) is 7.15. The molecule has 8 nitrogen and oxygen atoms in total. The summed E-state index contributed by atoms with van der Waals surface area (Å²) in [5.74, 6) is 5.74. The molecule has 0 fully saturated rings. The highest BCUT2D eigenvalue weighted by Crippen LogP contribution is 2.29. The topological polar surface area (TPSA) is 92.3 Å². The maximum atomic E-state index is 12.6. The molecule has 3 heterocycles. The third kappa shape index (κ3) is 5.48. The summed E-state index contributed by atoms with van der Waals surface area (Å²) in [6.45, 7) is 1.02. The van der Waals surface area contributed by atoms with Gasteiger partial charge in [-0.1, -0.05) is 30.0 Å². The first-order valence-corrected chi connectivity index (χ1v) is 9.88. The average molecular weight is 458 g/mol. The van der Waals surface area contributed by atoms with Crippen LogP contribution in [0.1, 0.15) is 17.7 Å². The molecule has 1 aliphatic rings. The molecule has 0 unspecified atom stereocenters. The minimum absolute atomic E-state index is 0.205. The summed E-state index contributed by atoms with van der Waals surface area (Å²) in [5.41, 5.74) is 1.15. The standard InChI is InChI=1S/C22H17F3N4O4/c23-22(24,25)19-9-8-17(11-26-19)16-6-4-15(5-7-16)3-1-2-10-32-18-12-28-13-20(29(30)31)27-21(28)33-14-18/h4-9,11,13,18H,2,10,12,14H2/t18-/m0/s1. The van der Waals surface area contributed by atoms with Gasteiger partial charge in [-0.2, -0.15) is 13.2 Å². The molecule has 1 aliphatic heterocycles. The van der Waals surface area contributed by atoms with E-state index in [2.05, 4.69) is 21.8 Å². The number of benzene rings is 1. The normalized spacial score (nSPS) is 15.2. The Morgan fingerprint density at radius 3 is 2.64 bits per heavy atom. The van der Waals surface area contributed by atoms with Gasteiger partial charge in [0, 0.05) is 28.7 Å². The van der Waals surface area contributed by atoms with E-state index >= 15 is 0 Å². The van der Waals surface area contributed by atoms with E-state index in [-0.39, 0.29) is 24.5 Å². The Kier molecular flexibility index (Phi) is 6.28. The first kappa shape index (κ1) is 22.3. The van der Waals surface area contributed by atoms with E-state index in [1.807, 2.05) is 0 Å². The van der Waals surface area contributed by atoms with Crippen LogP contribution in [0, 0.1) is 22.0 Å². The lowest BCUT2D eigenvalue weighted by Gasteiger charge is -2.21. The van der Waals surface area contributed by atoms with Crippen molar-refractivity contribution < 1.29 is 27.6 Å². The summed E-state index contributed by atoms with van der Waals surface area (Å²) in [6.07, 6.45) is -1.74. The van der Waals surface area contributed by atoms with Gasteiger partial charge < -0.3 is 19.6 Å². The maximum Gasteiger partial charge on any atom is 0.433 e. The summed E-state index contributed by atoms with van der Waals surface area (Å²) >= 11 is 0. The van der Waals surface area contributed by atoms with Gasteiger partial charge in [0.1, 0.15) is 24.6 Å². The lowest BCUT2D eigenvalue weighted by atomic mass is 10.1. The van der Waals surface area contributed by atoms with Crippen LogP contribution in [0.15, 0.2) is 48.8 Å². The van der Waals surface area contributed by atoms with Crippen LogP contribution in [-0.2, 0) is 17.5 Å². The van der Waals surface area contributed by atoms with Crippen LogP contribution in [0.4, 0.5) is 19.0 Å². The molecule has 170 valence electrons. The van der Waals surface area contributed by atoms with Crippen LogP contribution in [0.2, 0.25) is 0 Å². The molecule has 3 aromatic rings. The van der Waals surface area contributed by atoms with Gasteiger partial charge in [0.2, 0.25) is 0 Å². The van der Waals surface area contributed by atoms with E-state index in [1.54, 1.807) is 28.8 Å². The summed E-state index contributed by atoms with van der Waals surface area (Å²) < 4.78 is 50.5. The van der Waals surface area contributed by atoms with E-state index in [0.29, 0.717) is 25.1 Å². The summed E-state index contributed by atoms with van der Waals surface area (Å²) in [5, 5.41) is 10.8. The minimum atomic E-state index is -4.46. The zero-order valence-corrected chi connectivity index (χ0v) is 17.1. The average Bonchev–Trinajstić information content (AvgIpc) is 3.23. The van der Waals surface area contributed by atoms with Crippen molar-refractivity contribution in [1.82, 2.24) is 14.5 Å². The van der Waals surface area contributed by atoms with Gasteiger partial charge in [-0.15, -0.1) is 0 Å². The van der Waals surface area contributed by atoms with Gasteiger partial charge in [0.25, 0.3) is 0 Å². The quantitative estimate of drug-likeness (QED) is 0.248. The van der Waals surface area contributed by atoms with Crippen molar-refractivity contribution in [3.8, 4) is 29.0 Å². The van der Waals surface area contributed by atoms with Crippen LogP contribution in [0.5, 0.6) is 6.01 Å². The highest BCUT2D eigenvalue weighted by atomic mass is 19.4. The van der Waals surface area contributed by atoms with Crippen molar-refractivity contribution in [1.29, 1.82) is 0 Å². The first-order chi connectivity index (χ1) is 15.8. The lowest BCUT2D eigenvalue weighted by molar-refractivity contribution is -0.389. The molecule has 0 amide bonds. The number of fused-ring (bicyclic) bond motifs is 1. The second-order valence-electron chi connectivity index (χ2n) is 7.15. The van der Waals surface area contributed by atoms with Gasteiger partial charge in [-0.25, -0.2) is 0 Å². The number of halogens is 3. The van der Waals surface area contributed by atoms with Gasteiger partial charge in [-0.3, -0.25) is 9.55 Å². The van der Waals surface area contributed by atoms with Crippen molar-refractivity contribution in [2.45, 2.75) is 25.2 Å². The van der Waals surface area contributed by atoms with Gasteiger partial charge in [0.15, 0.2) is 0 Å². The number of hydrogen-bond donors (Lipinski definition) is 0. The summed E-state index contributed by atoms with van der Waals surface area (Å²) in [4.78, 5) is 17.5. The zero-order valence-electron chi connectivity index (χ0n) is 17.1. The summed E-state index contributed by atoms with van der Waals surface area (Å²) in [6, 6.07) is 9.64. The molecule has 0 radical (unpaired) electrons. The van der Waals surface area contributed by atoms with Crippen molar-refractivity contribution in [3.63, 3.8) is 0 Å². The molecule has 1 atom stereocenters. The third-order valence-electron chi connectivity index (χ3n) is 4.80. The van der Waals surface area contributed by atoms with E-state index in [1.165, 1.54) is 18.5 Å². The third-order valence-corrected chi connectivity index (χ3v) is 4.80. The van der Waals surface area contributed by atoms with Gasteiger partial charge >= 0.3 is 18.0 Å².